The van der Waals surface area contributed by atoms with Crippen LogP contribution in [0.5, 0.6) is 5.88 Å². The van der Waals surface area contributed by atoms with Gasteiger partial charge in [0.05, 0.1) is 7.11 Å². The zero-order valence-corrected chi connectivity index (χ0v) is 15.0. The molecule has 1 aromatic carbocycles. The summed E-state index contributed by atoms with van der Waals surface area (Å²) in [4.78, 5) is 13.4. The van der Waals surface area contributed by atoms with Gasteiger partial charge in [-0.2, -0.15) is 4.68 Å². The first-order valence-electron chi connectivity index (χ1n) is 8.75. The molecular formula is C21H19N5O. The molecule has 0 aliphatic heterocycles. The molecule has 4 rings (SSSR count). The Morgan fingerprint density at radius 3 is 2.52 bits per heavy atom. The summed E-state index contributed by atoms with van der Waals surface area (Å²) < 4.78 is 7.02. The standard InChI is InChI=1S/C21H19N5O/c1-27-20-15-17(12-14-23-20)21-24-18(11-10-16-7-3-2-4-8-16)25-26(21)19-9-5-6-13-22-19/h2-9,12-15H,10-11H2,1H3. The van der Waals surface area contributed by atoms with Gasteiger partial charge in [-0.05, 0) is 30.2 Å². The van der Waals surface area contributed by atoms with E-state index in [0.717, 1.165) is 35.9 Å². The minimum atomic E-state index is 0.536. The van der Waals surface area contributed by atoms with Crippen LogP contribution >= 0.6 is 0 Å². The monoisotopic (exact) mass is 357 g/mol. The van der Waals surface area contributed by atoms with E-state index < -0.39 is 0 Å². The van der Waals surface area contributed by atoms with E-state index in [2.05, 4.69) is 22.1 Å². The van der Waals surface area contributed by atoms with Crippen LogP contribution in [-0.4, -0.2) is 31.8 Å². The molecule has 134 valence electrons. The zero-order chi connectivity index (χ0) is 18.5. The summed E-state index contributed by atoms with van der Waals surface area (Å²) in [5.74, 6) is 2.75. The normalized spacial score (nSPS) is 10.7. The van der Waals surface area contributed by atoms with E-state index in [1.807, 2.05) is 48.5 Å². The predicted molar refractivity (Wildman–Crippen MR) is 103 cm³/mol. The quantitative estimate of drug-likeness (QED) is 0.528. The van der Waals surface area contributed by atoms with E-state index in [1.165, 1.54) is 5.56 Å². The molecule has 0 bridgehead atoms. The molecule has 0 aliphatic rings. The van der Waals surface area contributed by atoms with Gasteiger partial charge in [0, 0.05) is 30.4 Å². The summed E-state index contributed by atoms with van der Waals surface area (Å²) in [6.07, 6.45) is 5.08. The second-order valence-corrected chi connectivity index (χ2v) is 6.02. The lowest BCUT2D eigenvalue weighted by molar-refractivity contribution is 0.398. The van der Waals surface area contributed by atoms with Crippen molar-refractivity contribution in [3.05, 3.63) is 84.4 Å². The Morgan fingerprint density at radius 2 is 1.74 bits per heavy atom. The fourth-order valence-corrected chi connectivity index (χ4v) is 2.85. The molecule has 0 unspecified atom stereocenters. The fraction of sp³-hybridized carbons (Fsp3) is 0.143. The van der Waals surface area contributed by atoms with Crippen molar-refractivity contribution in [1.29, 1.82) is 0 Å². The molecule has 3 aromatic heterocycles. The molecule has 0 saturated heterocycles. The first-order valence-corrected chi connectivity index (χ1v) is 8.75. The molecule has 0 N–H and O–H groups in total. The number of aryl methyl sites for hydroxylation is 2. The number of pyridine rings is 2. The van der Waals surface area contributed by atoms with Gasteiger partial charge in [-0.1, -0.05) is 36.4 Å². The van der Waals surface area contributed by atoms with Crippen molar-refractivity contribution < 1.29 is 4.74 Å². The fourth-order valence-electron chi connectivity index (χ4n) is 2.85. The Balaban J connectivity index is 1.71. The van der Waals surface area contributed by atoms with Gasteiger partial charge >= 0.3 is 0 Å². The highest BCUT2D eigenvalue weighted by Gasteiger charge is 2.15. The van der Waals surface area contributed by atoms with Crippen LogP contribution in [0.15, 0.2) is 73.1 Å². The molecule has 0 spiro atoms. The molecule has 0 amide bonds. The van der Waals surface area contributed by atoms with Gasteiger partial charge in [0.2, 0.25) is 5.88 Å². The highest BCUT2D eigenvalue weighted by Crippen LogP contribution is 2.23. The van der Waals surface area contributed by atoms with Gasteiger partial charge in [-0.15, -0.1) is 5.10 Å². The number of hydrogen-bond donors (Lipinski definition) is 0. The van der Waals surface area contributed by atoms with Crippen molar-refractivity contribution in [2.75, 3.05) is 7.11 Å². The van der Waals surface area contributed by atoms with Crippen molar-refractivity contribution in [3.63, 3.8) is 0 Å². The third kappa shape index (κ3) is 3.84. The van der Waals surface area contributed by atoms with Crippen LogP contribution in [0, 0.1) is 0 Å². The Kier molecular flexibility index (Phi) is 4.87. The second kappa shape index (κ2) is 7.78. The Morgan fingerprint density at radius 1 is 0.889 bits per heavy atom. The van der Waals surface area contributed by atoms with E-state index >= 15 is 0 Å². The molecule has 6 nitrogen and oxygen atoms in total. The summed E-state index contributed by atoms with van der Waals surface area (Å²) in [5.41, 5.74) is 2.14. The van der Waals surface area contributed by atoms with Crippen molar-refractivity contribution in [3.8, 4) is 23.1 Å². The van der Waals surface area contributed by atoms with Crippen molar-refractivity contribution in [1.82, 2.24) is 24.7 Å². The lowest BCUT2D eigenvalue weighted by atomic mass is 10.1. The van der Waals surface area contributed by atoms with Gasteiger partial charge in [-0.25, -0.2) is 15.0 Å². The molecule has 6 heteroatoms. The number of ether oxygens (including phenoxy) is 1. The Hall–Kier alpha value is -3.54. The number of hydrogen-bond acceptors (Lipinski definition) is 5. The van der Waals surface area contributed by atoms with E-state index in [1.54, 1.807) is 24.2 Å². The predicted octanol–water partition coefficient (Wildman–Crippen LogP) is 3.52. The summed E-state index contributed by atoms with van der Waals surface area (Å²) in [5, 5.41) is 4.71. The van der Waals surface area contributed by atoms with Gasteiger partial charge < -0.3 is 4.74 Å². The Bertz CT molecular complexity index is 1020. The van der Waals surface area contributed by atoms with E-state index in [9.17, 15) is 0 Å². The molecule has 27 heavy (non-hydrogen) atoms. The minimum Gasteiger partial charge on any atom is -0.481 e. The van der Waals surface area contributed by atoms with Gasteiger partial charge in [0.25, 0.3) is 0 Å². The van der Waals surface area contributed by atoms with Crippen LogP contribution < -0.4 is 4.74 Å². The third-order valence-corrected chi connectivity index (χ3v) is 4.20. The third-order valence-electron chi connectivity index (χ3n) is 4.20. The molecule has 0 aliphatic carbocycles. The number of aromatic nitrogens is 5. The van der Waals surface area contributed by atoms with Crippen molar-refractivity contribution >= 4 is 0 Å². The SMILES string of the molecule is COc1cc(-c2nc(CCc3ccccc3)nn2-c2ccccn2)ccn1. The van der Waals surface area contributed by atoms with Crippen LogP contribution in [0.4, 0.5) is 0 Å². The number of methoxy groups -OCH3 is 1. The first-order chi connectivity index (χ1) is 13.3. The van der Waals surface area contributed by atoms with Gasteiger partial charge in [0.15, 0.2) is 17.5 Å². The van der Waals surface area contributed by atoms with Gasteiger partial charge in [-0.3, -0.25) is 0 Å². The van der Waals surface area contributed by atoms with Crippen LogP contribution in [0.2, 0.25) is 0 Å². The maximum atomic E-state index is 5.25. The number of benzene rings is 1. The first kappa shape index (κ1) is 16.9. The van der Waals surface area contributed by atoms with E-state index in [0.29, 0.717) is 5.88 Å². The smallest absolute Gasteiger partial charge is 0.213 e. The van der Waals surface area contributed by atoms with Gasteiger partial charge in [0.1, 0.15) is 0 Å². The zero-order valence-electron chi connectivity index (χ0n) is 15.0. The molecule has 3 heterocycles. The highest BCUT2D eigenvalue weighted by molar-refractivity contribution is 5.58. The van der Waals surface area contributed by atoms with E-state index in [-0.39, 0.29) is 0 Å². The average Bonchev–Trinajstić information content (AvgIpc) is 3.18. The molecule has 4 aromatic rings. The average molecular weight is 357 g/mol. The highest BCUT2D eigenvalue weighted by atomic mass is 16.5. The van der Waals surface area contributed by atoms with E-state index in [4.69, 9.17) is 14.8 Å². The summed E-state index contributed by atoms with van der Waals surface area (Å²) in [6.45, 7) is 0. The molecule has 0 saturated carbocycles. The molecule has 0 atom stereocenters. The lowest BCUT2D eigenvalue weighted by Gasteiger charge is -2.05. The minimum absolute atomic E-state index is 0.536. The largest absolute Gasteiger partial charge is 0.481 e. The van der Waals surface area contributed by atoms with Crippen LogP contribution in [-0.2, 0) is 12.8 Å². The summed E-state index contributed by atoms with van der Waals surface area (Å²) in [7, 11) is 1.60. The maximum absolute atomic E-state index is 5.25. The number of nitrogens with zero attached hydrogens (tertiary/aromatic N) is 5. The Labute approximate surface area is 157 Å². The topological polar surface area (TPSA) is 65.7 Å². The van der Waals surface area contributed by atoms with Crippen LogP contribution in [0.3, 0.4) is 0 Å². The van der Waals surface area contributed by atoms with Crippen LogP contribution in [0.25, 0.3) is 17.2 Å². The summed E-state index contributed by atoms with van der Waals surface area (Å²) >= 11 is 0. The van der Waals surface area contributed by atoms with Crippen molar-refractivity contribution in [2.24, 2.45) is 0 Å². The second-order valence-electron chi connectivity index (χ2n) is 6.02. The number of rotatable bonds is 6. The maximum Gasteiger partial charge on any atom is 0.213 e. The van der Waals surface area contributed by atoms with Crippen LogP contribution in [0.1, 0.15) is 11.4 Å². The summed E-state index contributed by atoms with van der Waals surface area (Å²) in [6, 6.07) is 19.8. The molecule has 0 radical (unpaired) electrons. The molecular weight excluding hydrogens is 338 g/mol. The molecule has 0 fully saturated rings. The lowest BCUT2D eigenvalue weighted by Crippen LogP contribution is -2.02. The van der Waals surface area contributed by atoms with Crippen molar-refractivity contribution in [2.45, 2.75) is 12.8 Å².